The Morgan fingerprint density at radius 2 is 0.963 bits per heavy atom. The fourth-order valence-corrected chi connectivity index (χ4v) is 8.94. The number of pyridine rings is 2. The van der Waals surface area contributed by atoms with Crippen molar-refractivity contribution in [3.63, 3.8) is 0 Å². The molecule has 0 aliphatic heterocycles. The number of aromatic nitrogens is 4. The van der Waals surface area contributed by atoms with Crippen LogP contribution in [0.3, 0.4) is 0 Å². The lowest BCUT2D eigenvalue weighted by molar-refractivity contribution is 1.08. The molecule has 0 saturated heterocycles. The van der Waals surface area contributed by atoms with E-state index in [1.165, 1.54) is 76.9 Å². The van der Waals surface area contributed by atoms with Crippen molar-refractivity contribution in [3.05, 3.63) is 182 Å². The molecule has 4 aromatic heterocycles. The summed E-state index contributed by atoms with van der Waals surface area (Å²) in [5.41, 5.74) is 16.4. The topological polar surface area (TPSA) is 35.6 Å². The standard InChI is InChI=1S/C50H30N4/c1-2-10-31(11-3-1)32-12-8-13-35(26-32)53-45-18-6-4-14-36(45)41-27-33(20-22-47(41)53)34-21-23-48-42(28-34)37-15-5-7-19-46(37)54(48)49-29-40-39-24-25-51-44-17-9-16-38(50(39)44)43(40)30-52-49/h1-30H. The molecule has 0 unspecified atom stereocenters. The predicted molar refractivity (Wildman–Crippen MR) is 224 cm³/mol. The van der Waals surface area contributed by atoms with Crippen LogP contribution in [0, 0.1) is 0 Å². The molecule has 7 aromatic carbocycles. The van der Waals surface area contributed by atoms with Gasteiger partial charge in [-0.1, -0.05) is 103 Å². The fraction of sp³-hybridized carbons (Fsp3) is 0. The second-order valence-corrected chi connectivity index (χ2v) is 14.2. The molecular weight excluding hydrogens is 657 g/mol. The molecule has 4 nitrogen and oxygen atoms in total. The molecule has 11 aromatic rings. The third-order valence-electron chi connectivity index (χ3n) is 11.4. The minimum absolute atomic E-state index is 0.913. The van der Waals surface area contributed by atoms with Crippen LogP contribution < -0.4 is 0 Å². The Balaban J connectivity index is 1.01. The van der Waals surface area contributed by atoms with Crippen molar-refractivity contribution in [1.82, 2.24) is 19.1 Å². The van der Waals surface area contributed by atoms with E-state index in [1.807, 2.05) is 12.4 Å². The smallest absolute Gasteiger partial charge is 0.138 e. The molecule has 12 rings (SSSR count). The van der Waals surface area contributed by atoms with Crippen LogP contribution in [0.25, 0.3) is 111 Å². The van der Waals surface area contributed by atoms with E-state index in [0.29, 0.717) is 0 Å². The lowest BCUT2D eigenvalue weighted by Crippen LogP contribution is -1.98. The lowest BCUT2D eigenvalue weighted by atomic mass is 10.0. The van der Waals surface area contributed by atoms with Gasteiger partial charge in [0.2, 0.25) is 0 Å². The maximum Gasteiger partial charge on any atom is 0.138 e. The van der Waals surface area contributed by atoms with Gasteiger partial charge in [0.05, 0.1) is 27.6 Å². The number of benzene rings is 7. The first-order chi connectivity index (χ1) is 26.8. The molecule has 4 heterocycles. The van der Waals surface area contributed by atoms with E-state index < -0.39 is 0 Å². The van der Waals surface area contributed by atoms with E-state index in [4.69, 9.17) is 4.98 Å². The molecule has 0 fully saturated rings. The minimum atomic E-state index is 0.913. The van der Waals surface area contributed by atoms with Crippen molar-refractivity contribution in [2.45, 2.75) is 0 Å². The molecule has 0 radical (unpaired) electrons. The third-order valence-corrected chi connectivity index (χ3v) is 11.4. The molecule has 0 saturated carbocycles. The van der Waals surface area contributed by atoms with Crippen LogP contribution in [-0.2, 0) is 0 Å². The van der Waals surface area contributed by atoms with Crippen LogP contribution in [0.4, 0.5) is 0 Å². The highest BCUT2D eigenvalue weighted by Gasteiger charge is 2.24. The Morgan fingerprint density at radius 1 is 0.352 bits per heavy atom. The maximum atomic E-state index is 5.10. The summed E-state index contributed by atoms with van der Waals surface area (Å²) in [5, 5.41) is 6.11. The quantitative estimate of drug-likeness (QED) is 0.185. The number of fused-ring (bicyclic) bond motifs is 9. The molecule has 4 heteroatoms. The summed E-state index contributed by atoms with van der Waals surface area (Å²) in [5.74, 6) is 0.913. The summed E-state index contributed by atoms with van der Waals surface area (Å²) in [6, 6.07) is 61.5. The number of hydrogen-bond donors (Lipinski definition) is 0. The first-order valence-electron chi connectivity index (χ1n) is 18.4. The third kappa shape index (κ3) is 4.13. The Kier molecular flexibility index (Phi) is 6.02. The Labute approximate surface area is 310 Å². The number of hydrogen-bond acceptors (Lipinski definition) is 2. The van der Waals surface area contributed by atoms with Gasteiger partial charge in [0.1, 0.15) is 5.82 Å². The fourth-order valence-electron chi connectivity index (χ4n) is 8.94. The second kappa shape index (κ2) is 11.1. The van der Waals surface area contributed by atoms with Crippen LogP contribution in [0.1, 0.15) is 0 Å². The van der Waals surface area contributed by atoms with Crippen LogP contribution in [-0.4, -0.2) is 19.1 Å². The Bertz CT molecular complexity index is 3330. The van der Waals surface area contributed by atoms with E-state index >= 15 is 0 Å². The van der Waals surface area contributed by atoms with Gasteiger partial charge in [0.25, 0.3) is 0 Å². The molecule has 1 aliphatic rings. The van der Waals surface area contributed by atoms with Gasteiger partial charge in [-0.15, -0.1) is 0 Å². The molecule has 0 spiro atoms. The zero-order valence-electron chi connectivity index (χ0n) is 29.1. The van der Waals surface area contributed by atoms with Crippen molar-refractivity contribution in [2.24, 2.45) is 0 Å². The van der Waals surface area contributed by atoms with Gasteiger partial charge in [0.15, 0.2) is 0 Å². The van der Waals surface area contributed by atoms with Crippen molar-refractivity contribution in [2.75, 3.05) is 0 Å². The average molecular weight is 687 g/mol. The maximum absolute atomic E-state index is 5.10. The van der Waals surface area contributed by atoms with Gasteiger partial charge in [-0.2, -0.15) is 0 Å². The van der Waals surface area contributed by atoms with Crippen molar-refractivity contribution in [1.29, 1.82) is 0 Å². The normalized spacial score (nSPS) is 12.1. The van der Waals surface area contributed by atoms with E-state index in [2.05, 4.69) is 184 Å². The highest BCUT2D eigenvalue weighted by Crippen LogP contribution is 2.47. The van der Waals surface area contributed by atoms with Crippen LogP contribution in [0.15, 0.2) is 182 Å². The lowest BCUT2D eigenvalue weighted by Gasteiger charge is -2.11. The highest BCUT2D eigenvalue weighted by atomic mass is 15.1. The molecule has 1 aliphatic carbocycles. The SMILES string of the molecule is c1ccc(-c2cccc(-n3c4ccccc4c4cc(-c5ccc6c(c5)c5ccccc5n6-c5cc6c(cn5)-c5cccc7nccc-6c57)ccc43)c2)cc1. The minimum Gasteiger partial charge on any atom is -0.309 e. The molecule has 0 atom stereocenters. The number of rotatable bonds is 4. The molecule has 54 heavy (non-hydrogen) atoms. The van der Waals surface area contributed by atoms with Crippen molar-refractivity contribution in [3.8, 4) is 56.0 Å². The Morgan fingerprint density at radius 3 is 1.74 bits per heavy atom. The molecule has 250 valence electrons. The largest absolute Gasteiger partial charge is 0.309 e. The van der Waals surface area contributed by atoms with Crippen LogP contribution in [0.2, 0.25) is 0 Å². The number of nitrogens with zero attached hydrogens (tertiary/aromatic N) is 4. The van der Waals surface area contributed by atoms with Crippen LogP contribution in [0.5, 0.6) is 0 Å². The first-order valence-corrected chi connectivity index (χ1v) is 18.4. The highest BCUT2D eigenvalue weighted by molar-refractivity contribution is 6.15. The second-order valence-electron chi connectivity index (χ2n) is 14.2. The zero-order valence-corrected chi connectivity index (χ0v) is 29.1. The first kappa shape index (κ1) is 29.3. The van der Waals surface area contributed by atoms with E-state index in [0.717, 1.165) is 33.6 Å². The van der Waals surface area contributed by atoms with Gasteiger partial charge in [0, 0.05) is 50.6 Å². The van der Waals surface area contributed by atoms with E-state index in [9.17, 15) is 0 Å². The number of para-hydroxylation sites is 2. The summed E-state index contributed by atoms with van der Waals surface area (Å²) in [4.78, 5) is 9.74. The molecule has 0 amide bonds. The predicted octanol–water partition coefficient (Wildman–Crippen LogP) is 12.8. The van der Waals surface area contributed by atoms with Crippen LogP contribution >= 0.6 is 0 Å². The van der Waals surface area contributed by atoms with Gasteiger partial charge < -0.3 is 4.57 Å². The zero-order chi connectivity index (χ0) is 35.3. The molecular formula is C50H30N4. The summed E-state index contributed by atoms with van der Waals surface area (Å²) in [6.45, 7) is 0. The van der Waals surface area contributed by atoms with E-state index in [-0.39, 0.29) is 0 Å². The van der Waals surface area contributed by atoms with Crippen molar-refractivity contribution < 1.29 is 0 Å². The monoisotopic (exact) mass is 686 g/mol. The molecule has 0 bridgehead atoms. The van der Waals surface area contributed by atoms with Gasteiger partial charge >= 0.3 is 0 Å². The summed E-state index contributed by atoms with van der Waals surface area (Å²) >= 11 is 0. The summed E-state index contributed by atoms with van der Waals surface area (Å²) in [7, 11) is 0. The van der Waals surface area contributed by atoms with E-state index in [1.54, 1.807) is 0 Å². The Hall–Kier alpha value is -7.30. The average Bonchev–Trinajstić information content (AvgIpc) is 3.87. The summed E-state index contributed by atoms with van der Waals surface area (Å²) in [6.07, 6.45) is 3.95. The van der Waals surface area contributed by atoms with Gasteiger partial charge in [-0.25, -0.2) is 4.98 Å². The van der Waals surface area contributed by atoms with Gasteiger partial charge in [-0.05, 0) is 106 Å². The van der Waals surface area contributed by atoms with Gasteiger partial charge in [-0.3, -0.25) is 9.55 Å². The summed E-state index contributed by atoms with van der Waals surface area (Å²) < 4.78 is 4.72. The molecule has 0 N–H and O–H groups in total. The van der Waals surface area contributed by atoms with Crippen molar-refractivity contribution >= 4 is 54.5 Å².